The smallest absolute Gasteiger partial charge is 0.244 e. The van der Waals surface area contributed by atoms with Gasteiger partial charge >= 0.3 is 0 Å². The Morgan fingerprint density at radius 3 is 2.19 bits per heavy atom. The average Bonchev–Trinajstić information content (AvgIpc) is 2.81. The van der Waals surface area contributed by atoms with Crippen LogP contribution in [0.15, 0.2) is 42.5 Å². The molecule has 198 valence electrons. The van der Waals surface area contributed by atoms with Gasteiger partial charge in [0.1, 0.15) is 18.3 Å². The van der Waals surface area contributed by atoms with Crippen LogP contribution >= 0.6 is 23.2 Å². The van der Waals surface area contributed by atoms with Crippen LogP contribution in [0.3, 0.4) is 0 Å². The second kappa shape index (κ2) is 13.2. The fourth-order valence-electron chi connectivity index (χ4n) is 3.44. The normalized spacial score (nSPS) is 13.0. The summed E-state index contributed by atoms with van der Waals surface area (Å²) in [6.45, 7) is 6.83. The van der Waals surface area contributed by atoms with Crippen molar-refractivity contribution in [1.82, 2.24) is 10.2 Å². The second-order valence-electron chi connectivity index (χ2n) is 8.39. The summed E-state index contributed by atoms with van der Waals surface area (Å²) in [5.41, 5.74) is 0.681. The first-order chi connectivity index (χ1) is 16.9. The number of hydrogen-bond acceptors (Lipinski definition) is 5. The van der Waals surface area contributed by atoms with Crippen molar-refractivity contribution in [3.63, 3.8) is 0 Å². The zero-order chi connectivity index (χ0) is 27.0. The van der Waals surface area contributed by atoms with Crippen LogP contribution in [0.2, 0.25) is 10.0 Å². The molecule has 0 aliphatic carbocycles. The van der Waals surface area contributed by atoms with E-state index < -0.39 is 28.5 Å². The van der Waals surface area contributed by atoms with Gasteiger partial charge < -0.3 is 15.0 Å². The number of nitrogens with one attached hydrogen (secondary N) is 1. The molecule has 2 atom stereocenters. The molecule has 0 heterocycles. The third-order valence-corrected chi connectivity index (χ3v) is 7.51. The number of benzene rings is 2. The molecule has 2 aromatic rings. The minimum atomic E-state index is -3.89. The molecule has 0 saturated heterocycles. The van der Waals surface area contributed by atoms with Gasteiger partial charge in [-0.25, -0.2) is 8.42 Å². The maximum Gasteiger partial charge on any atom is 0.244 e. The van der Waals surface area contributed by atoms with Crippen LogP contribution in [0, 0.1) is 0 Å². The first-order valence-electron chi connectivity index (χ1n) is 11.6. The molecule has 2 amide bonds. The van der Waals surface area contributed by atoms with Crippen molar-refractivity contribution in [3.8, 4) is 5.75 Å². The molecule has 36 heavy (non-hydrogen) atoms. The van der Waals surface area contributed by atoms with Gasteiger partial charge in [0.15, 0.2) is 0 Å². The van der Waals surface area contributed by atoms with Gasteiger partial charge in [0.2, 0.25) is 21.8 Å². The highest BCUT2D eigenvalue weighted by Gasteiger charge is 2.32. The standard InChI is InChI=1S/C25H33Cl2N3O5S/c1-6-17(3)28-25(32)18(4)29(15-19-20(26)11-10-12-21(19)27)24(31)16-30(36(5,33)34)22-13-8-9-14-23(22)35-7-2/h8-14,17-18H,6-7,15-16H2,1-5H3,(H,28,32)/t17-,18-/m1/s1. The average molecular weight is 559 g/mol. The Morgan fingerprint density at radius 2 is 1.64 bits per heavy atom. The zero-order valence-corrected chi connectivity index (χ0v) is 23.5. The van der Waals surface area contributed by atoms with Crippen LogP contribution in [-0.4, -0.2) is 56.6 Å². The third kappa shape index (κ3) is 7.75. The van der Waals surface area contributed by atoms with Gasteiger partial charge in [0, 0.05) is 28.2 Å². The van der Waals surface area contributed by atoms with Crippen molar-refractivity contribution in [2.24, 2.45) is 0 Å². The number of anilines is 1. The molecular formula is C25H33Cl2N3O5S. The lowest BCUT2D eigenvalue weighted by atomic mass is 10.1. The largest absolute Gasteiger partial charge is 0.492 e. The Labute approximate surface area is 223 Å². The number of nitrogens with zero attached hydrogens (tertiary/aromatic N) is 2. The quantitative estimate of drug-likeness (QED) is 0.414. The summed E-state index contributed by atoms with van der Waals surface area (Å²) >= 11 is 12.7. The lowest BCUT2D eigenvalue weighted by molar-refractivity contribution is -0.139. The van der Waals surface area contributed by atoms with E-state index in [1.807, 2.05) is 13.8 Å². The van der Waals surface area contributed by atoms with Gasteiger partial charge in [-0.05, 0) is 51.5 Å². The monoisotopic (exact) mass is 557 g/mol. The van der Waals surface area contributed by atoms with E-state index in [2.05, 4.69) is 5.32 Å². The van der Waals surface area contributed by atoms with Gasteiger partial charge in [-0.3, -0.25) is 13.9 Å². The van der Waals surface area contributed by atoms with E-state index in [0.29, 0.717) is 34.4 Å². The molecule has 2 rings (SSSR count). The van der Waals surface area contributed by atoms with Crippen LogP contribution in [0.1, 0.15) is 39.7 Å². The van der Waals surface area contributed by atoms with E-state index in [4.69, 9.17) is 27.9 Å². The lowest BCUT2D eigenvalue weighted by Crippen LogP contribution is -2.52. The van der Waals surface area contributed by atoms with Crippen molar-refractivity contribution in [1.29, 1.82) is 0 Å². The molecule has 0 radical (unpaired) electrons. The van der Waals surface area contributed by atoms with Crippen molar-refractivity contribution in [3.05, 3.63) is 58.1 Å². The SMILES string of the molecule is CCOc1ccccc1N(CC(=O)N(Cc1c(Cl)cccc1Cl)[C@H](C)C(=O)N[C@H](C)CC)S(C)(=O)=O. The van der Waals surface area contributed by atoms with E-state index in [-0.39, 0.29) is 24.2 Å². The number of sulfonamides is 1. The summed E-state index contributed by atoms with van der Waals surface area (Å²) in [5.74, 6) is -0.655. The first kappa shape index (κ1) is 29.7. The van der Waals surface area contributed by atoms with Gasteiger partial charge in [-0.15, -0.1) is 0 Å². The molecule has 0 aliphatic rings. The molecule has 0 unspecified atom stereocenters. The maximum atomic E-state index is 13.7. The molecule has 0 aliphatic heterocycles. The fraction of sp³-hybridized carbons (Fsp3) is 0.440. The summed E-state index contributed by atoms with van der Waals surface area (Å²) in [6.07, 6.45) is 1.72. The highest BCUT2D eigenvalue weighted by atomic mass is 35.5. The van der Waals surface area contributed by atoms with Gasteiger partial charge in [0.25, 0.3) is 0 Å². The Morgan fingerprint density at radius 1 is 1.03 bits per heavy atom. The number of rotatable bonds is 12. The first-order valence-corrected chi connectivity index (χ1v) is 14.2. The van der Waals surface area contributed by atoms with Gasteiger partial charge in [0.05, 0.1) is 18.6 Å². The molecule has 1 N–H and O–H groups in total. The van der Waals surface area contributed by atoms with E-state index in [1.165, 1.54) is 4.90 Å². The molecule has 0 fully saturated rings. The Bertz CT molecular complexity index is 1160. The number of ether oxygens (including phenoxy) is 1. The molecule has 0 aromatic heterocycles. The number of hydrogen-bond donors (Lipinski definition) is 1. The summed E-state index contributed by atoms with van der Waals surface area (Å²) in [5, 5.41) is 3.53. The number of amides is 2. The van der Waals surface area contributed by atoms with Crippen LogP contribution in [0.4, 0.5) is 5.69 Å². The highest BCUT2D eigenvalue weighted by Crippen LogP contribution is 2.31. The molecule has 11 heteroatoms. The molecule has 0 saturated carbocycles. The van der Waals surface area contributed by atoms with Crippen molar-refractivity contribution < 1.29 is 22.7 Å². The predicted octanol–water partition coefficient (Wildman–Crippen LogP) is 4.49. The number of carbonyl (C=O) groups excluding carboxylic acids is 2. The zero-order valence-electron chi connectivity index (χ0n) is 21.1. The lowest BCUT2D eigenvalue weighted by Gasteiger charge is -2.32. The Balaban J connectivity index is 2.49. The summed E-state index contributed by atoms with van der Waals surface area (Å²) in [4.78, 5) is 28.0. The number of para-hydroxylation sites is 2. The van der Waals surface area contributed by atoms with E-state index >= 15 is 0 Å². The fourth-order valence-corrected chi connectivity index (χ4v) is 4.81. The Kier molecular flexibility index (Phi) is 10.9. The second-order valence-corrected chi connectivity index (χ2v) is 11.1. The predicted molar refractivity (Wildman–Crippen MR) is 144 cm³/mol. The summed E-state index contributed by atoms with van der Waals surface area (Å²) < 4.78 is 32.1. The molecule has 0 bridgehead atoms. The molecule has 0 spiro atoms. The minimum Gasteiger partial charge on any atom is -0.492 e. The van der Waals surface area contributed by atoms with E-state index in [1.54, 1.807) is 56.3 Å². The van der Waals surface area contributed by atoms with Crippen molar-refractivity contribution >= 4 is 50.7 Å². The van der Waals surface area contributed by atoms with Crippen molar-refractivity contribution in [2.75, 3.05) is 23.7 Å². The minimum absolute atomic E-state index is 0.0862. The van der Waals surface area contributed by atoms with Gasteiger partial charge in [-0.2, -0.15) is 0 Å². The molecule has 2 aromatic carbocycles. The van der Waals surface area contributed by atoms with Crippen LogP contribution in [0.25, 0.3) is 0 Å². The van der Waals surface area contributed by atoms with Crippen LogP contribution in [0.5, 0.6) is 5.75 Å². The summed E-state index contributed by atoms with van der Waals surface area (Å²) in [6, 6.07) is 10.5. The van der Waals surface area contributed by atoms with E-state index in [0.717, 1.165) is 10.6 Å². The van der Waals surface area contributed by atoms with Crippen LogP contribution < -0.4 is 14.4 Å². The number of carbonyl (C=O) groups is 2. The molecule has 8 nitrogen and oxygen atoms in total. The third-order valence-electron chi connectivity index (χ3n) is 5.67. The molecular weight excluding hydrogens is 525 g/mol. The summed E-state index contributed by atoms with van der Waals surface area (Å²) in [7, 11) is -3.89. The van der Waals surface area contributed by atoms with E-state index in [9.17, 15) is 18.0 Å². The Hall–Kier alpha value is -2.49. The van der Waals surface area contributed by atoms with Crippen LogP contribution in [-0.2, 0) is 26.2 Å². The van der Waals surface area contributed by atoms with Crippen molar-refractivity contribution in [2.45, 2.75) is 52.7 Å². The van der Waals surface area contributed by atoms with Gasteiger partial charge in [-0.1, -0.05) is 48.3 Å². The number of halogens is 2. The topological polar surface area (TPSA) is 96.0 Å². The maximum absolute atomic E-state index is 13.7. The highest BCUT2D eigenvalue weighted by molar-refractivity contribution is 7.92.